The second-order valence-corrected chi connectivity index (χ2v) is 12.2. The number of para-hydroxylation sites is 1. The van der Waals surface area contributed by atoms with Crippen molar-refractivity contribution in [2.24, 2.45) is 17.3 Å². The highest BCUT2D eigenvalue weighted by atomic mass is 16.5. The van der Waals surface area contributed by atoms with E-state index in [0.29, 0.717) is 43.7 Å². The molecule has 1 saturated carbocycles. The number of nitrogens with one attached hydrogen (secondary N) is 2. The first-order chi connectivity index (χ1) is 21.2. The minimum Gasteiger partial charge on any atom is -0.469 e. The summed E-state index contributed by atoms with van der Waals surface area (Å²) in [6.45, 7) is 2.83. The van der Waals surface area contributed by atoms with Crippen LogP contribution in [0.2, 0.25) is 0 Å². The van der Waals surface area contributed by atoms with Gasteiger partial charge in [-0.05, 0) is 60.8 Å². The average molecular weight is 602 g/mol. The Kier molecular flexibility index (Phi) is 7.63. The molecule has 1 aliphatic carbocycles. The molecule has 2 amide bonds. The van der Waals surface area contributed by atoms with Gasteiger partial charge in [-0.15, -0.1) is 5.10 Å². The number of carbonyl (C=O) groups is 3. The number of aromatic nitrogens is 3. The number of fused-ring (bicyclic) bond motifs is 2. The normalized spacial score (nSPS) is 29.2. The molecule has 13 nitrogen and oxygen atoms in total. The van der Waals surface area contributed by atoms with Gasteiger partial charge >= 0.3 is 5.97 Å². The Morgan fingerprint density at radius 3 is 2.86 bits per heavy atom. The number of nitriles is 1. The summed E-state index contributed by atoms with van der Waals surface area (Å²) in [4.78, 5) is 41.1. The zero-order chi connectivity index (χ0) is 31.1. The van der Waals surface area contributed by atoms with Crippen molar-refractivity contribution in [3.05, 3.63) is 65.9 Å². The van der Waals surface area contributed by atoms with E-state index in [1.165, 1.54) is 13.4 Å². The molecule has 1 aromatic carbocycles. The van der Waals surface area contributed by atoms with Crippen molar-refractivity contribution in [1.29, 1.82) is 5.26 Å². The molecule has 0 unspecified atom stereocenters. The van der Waals surface area contributed by atoms with Crippen molar-refractivity contribution < 1.29 is 28.6 Å². The Morgan fingerprint density at radius 2 is 2.11 bits per heavy atom. The van der Waals surface area contributed by atoms with Gasteiger partial charge in [0.2, 0.25) is 5.91 Å². The number of hydrogen-bond acceptors (Lipinski definition) is 10. The number of amides is 2. The number of anilines is 1. The fourth-order valence-corrected chi connectivity index (χ4v) is 7.64. The van der Waals surface area contributed by atoms with Gasteiger partial charge in [0.25, 0.3) is 5.91 Å². The molecule has 0 spiro atoms. The molecule has 6 atom stereocenters. The van der Waals surface area contributed by atoms with Crippen LogP contribution in [0.4, 0.5) is 5.69 Å². The van der Waals surface area contributed by atoms with Crippen LogP contribution in [0.25, 0.3) is 0 Å². The Morgan fingerprint density at radius 1 is 1.30 bits per heavy atom. The Balaban J connectivity index is 1.30. The number of esters is 1. The number of piperidine rings is 1. The minimum absolute atomic E-state index is 0.135. The number of aliphatic hydroxyl groups is 1. The van der Waals surface area contributed by atoms with Gasteiger partial charge in [-0.1, -0.05) is 30.3 Å². The molecule has 2 fully saturated rings. The zero-order valence-corrected chi connectivity index (χ0v) is 24.6. The highest BCUT2D eigenvalue weighted by molar-refractivity contribution is 6.07. The van der Waals surface area contributed by atoms with Gasteiger partial charge in [-0.3, -0.25) is 19.1 Å². The third kappa shape index (κ3) is 4.89. The van der Waals surface area contributed by atoms with E-state index in [4.69, 9.17) is 9.15 Å². The number of hydrogen-bond donors (Lipinski definition) is 3. The van der Waals surface area contributed by atoms with E-state index in [9.17, 15) is 24.8 Å². The second-order valence-electron chi connectivity index (χ2n) is 12.2. The van der Waals surface area contributed by atoms with Crippen LogP contribution in [0.15, 0.2) is 53.3 Å². The first-order valence-electron chi connectivity index (χ1n) is 14.7. The third-order valence-electron chi connectivity index (χ3n) is 9.87. The summed E-state index contributed by atoms with van der Waals surface area (Å²) in [5.41, 5.74) is 0.393. The Labute approximate surface area is 254 Å². The van der Waals surface area contributed by atoms with E-state index in [0.717, 1.165) is 5.56 Å². The summed E-state index contributed by atoms with van der Waals surface area (Å²) in [5.74, 6) is -1.95. The molecule has 3 aliphatic rings. The van der Waals surface area contributed by atoms with E-state index in [2.05, 4.69) is 34.1 Å². The SMILES string of the molecule is COC(=O)[C@@H]1[C@H]2C[C@@H]([C@@]3(CCn4cc(CNC(=O)c5ccco5)nn4)C(=O)Nc4ccccc43)N(C#N)C[C@]2(C)CC[C@@H]1O. The number of benzene rings is 1. The van der Waals surface area contributed by atoms with Crippen molar-refractivity contribution in [1.82, 2.24) is 25.2 Å². The largest absolute Gasteiger partial charge is 0.469 e. The molecule has 44 heavy (non-hydrogen) atoms. The van der Waals surface area contributed by atoms with E-state index >= 15 is 0 Å². The molecule has 0 bridgehead atoms. The minimum atomic E-state index is -1.16. The maximum Gasteiger partial charge on any atom is 0.311 e. The van der Waals surface area contributed by atoms with Crippen LogP contribution in [-0.4, -0.2) is 68.6 Å². The lowest BCUT2D eigenvalue weighted by Crippen LogP contribution is -2.64. The van der Waals surface area contributed by atoms with Crippen molar-refractivity contribution in [3.8, 4) is 6.19 Å². The molecule has 13 heteroatoms. The molecule has 3 N–H and O–H groups in total. The van der Waals surface area contributed by atoms with Crippen molar-refractivity contribution in [3.63, 3.8) is 0 Å². The lowest BCUT2D eigenvalue weighted by Gasteiger charge is -2.56. The van der Waals surface area contributed by atoms with Crippen molar-refractivity contribution >= 4 is 23.5 Å². The summed E-state index contributed by atoms with van der Waals surface area (Å²) in [7, 11) is 1.32. The zero-order valence-electron chi connectivity index (χ0n) is 24.6. The molecule has 1 saturated heterocycles. The predicted molar refractivity (Wildman–Crippen MR) is 154 cm³/mol. The van der Waals surface area contributed by atoms with E-state index in [-0.39, 0.29) is 36.5 Å². The quantitative estimate of drug-likeness (QED) is 0.256. The molecular formula is C31H35N7O6. The van der Waals surface area contributed by atoms with Gasteiger partial charge in [-0.2, -0.15) is 5.26 Å². The number of methoxy groups -OCH3 is 1. The number of likely N-dealkylation sites (tertiary alicyclic amines) is 1. The number of nitrogens with zero attached hydrogens (tertiary/aromatic N) is 5. The number of rotatable bonds is 8. The molecule has 6 rings (SSSR count). The number of aliphatic hydroxyl groups excluding tert-OH is 1. The van der Waals surface area contributed by atoms with Crippen LogP contribution < -0.4 is 10.6 Å². The predicted octanol–water partition coefficient (Wildman–Crippen LogP) is 2.20. The molecule has 2 aliphatic heterocycles. The van der Waals surface area contributed by atoms with Gasteiger partial charge in [0.15, 0.2) is 12.0 Å². The van der Waals surface area contributed by atoms with Crippen LogP contribution in [-0.2, 0) is 32.8 Å². The lowest BCUT2D eigenvalue weighted by molar-refractivity contribution is -0.167. The van der Waals surface area contributed by atoms with Gasteiger partial charge in [-0.25, -0.2) is 0 Å². The molecule has 2 aromatic heterocycles. The number of aryl methyl sites for hydroxylation is 1. The molecule has 3 aromatic rings. The molecule has 0 radical (unpaired) electrons. The smallest absolute Gasteiger partial charge is 0.311 e. The lowest BCUT2D eigenvalue weighted by atomic mass is 9.54. The van der Waals surface area contributed by atoms with Crippen LogP contribution in [0, 0.1) is 28.7 Å². The van der Waals surface area contributed by atoms with Gasteiger partial charge in [0.05, 0.1) is 49.6 Å². The fraction of sp³-hybridized carbons (Fsp3) is 0.484. The summed E-state index contributed by atoms with van der Waals surface area (Å²) < 4.78 is 11.9. The summed E-state index contributed by atoms with van der Waals surface area (Å²) in [6.07, 6.45) is 6.33. The first kappa shape index (κ1) is 29.4. The summed E-state index contributed by atoms with van der Waals surface area (Å²) >= 11 is 0. The fourth-order valence-electron chi connectivity index (χ4n) is 7.64. The van der Waals surface area contributed by atoms with Gasteiger partial charge in [0, 0.05) is 18.8 Å². The highest BCUT2D eigenvalue weighted by Gasteiger charge is 2.61. The Bertz CT molecular complexity index is 1600. The van der Waals surface area contributed by atoms with Crippen LogP contribution >= 0.6 is 0 Å². The van der Waals surface area contributed by atoms with Crippen LogP contribution in [0.1, 0.15) is 54.4 Å². The standard InChI is InChI=1S/C31H35N7O6/c1-30-10-9-23(39)26(28(41)43-2)21(30)14-25(37(17-30)18-32)31(20-6-3-4-7-22(20)34-29(31)42)11-12-38-16-19(35-36-38)15-33-27(40)24-8-5-13-44-24/h3-8,13,16,21,23,25-26,39H,9-12,14-15,17H2,1-2H3,(H,33,40)(H,34,42)/t21-,23+,25+,26-,30+,31+/m1/s1. The second kappa shape index (κ2) is 11.4. The topological polar surface area (TPSA) is 176 Å². The highest BCUT2D eigenvalue weighted by Crippen LogP contribution is 2.55. The number of furan rings is 1. The van der Waals surface area contributed by atoms with Gasteiger partial charge < -0.3 is 29.8 Å². The third-order valence-corrected chi connectivity index (χ3v) is 9.87. The first-order valence-corrected chi connectivity index (χ1v) is 14.7. The maximum atomic E-state index is 14.1. The average Bonchev–Trinajstić information content (AvgIpc) is 3.78. The monoisotopic (exact) mass is 601 g/mol. The van der Waals surface area contributed by atoms with Gasteiger partial charge in [0.1, 0.15) is 5.69 Å². The number of ether oxygens (including phenoxy) is 1. The van der Waals surface area contributed by atoms with Crippen molar-refractivity contribution in [2.45, 2.75) is 63.3 Å². The van der Waals surface area contributed by atoms with Crippen LogP contribution in [0.5, 0.6) is 0 Å². The van der Waals surface area contributed by atoms with E-state index < -0.39 is 34.9 Å². The molecular weight excluding hydrogens is 566 g/mol. The number of carbonyl (C=O) groups excluding carboxylic acids is 3. The molecule has 230 valence electrons. The molecule has 4 heterocycles. The summed E-state index contributed by atoms with van der Waals surface area (Å²) in [6, 6.07) is 10.1. The Hall–Kier alpha value is -4.70. The van der Waals surface area contributed by atoms with E-state index in [1.54, 1.807) is 27.9 Å². The van der Waals surface area contributed by atoms with Crippen LogP contribution in [0.3, 0.4) is 0 Å². The van der Waals surface area contributed by atoms with Crippen molar-refractivity contribution in [2.75, 3.05) is 19.0 Å². The summed E-state index contributed by atoms with van der Waals surface area (Å²) in [5, 5.41) is 35.6. The maximum absolute atomic E-state index is 14.1. The van der Waals surface area contributed by atoms with E-state index in [1.807, 2.05) is 24.3 Å².